The molecule has 1 aromatic heterocycles. The van der Waals surface area contributed by atoms with Crippen LogP contribution in [0.25, 0.3) is 0 Å². The highest BCUT2D eigenvalue weighted by molar-refractivity contribution is 8.01. The summed E-state index contributed by atoms with van der Waals surface area (Å²) in [6.45, 7) is 4.94. The van der Waals surface area contributed by atoms with Crippen LogP contribution in [0.15, 0.2) is 52.9 Å². The number of hydrogen-bond donors (Lipinski definition) is 2. The summed E-state index contributed by atoms with van der Waals surface area (Å²) in [6, 6.07) is 14.9. The minimum Gasteiger partial charge on any atom is -0.494 e. The summed E-state index contributed by atoms with van der Waals surface area (Å²) in [4.78, 5) is 24.7. The van der Waals surface area contributed by atoms with E-state index in [0.717, 1.165) is 43.5 Å². The minimum atomic E-state index is -0.270. The van der Waals surface area contributed by atoms with Gasteiger partial charge in [-0.05, 0) is 61.2 Å². The van der Waals surface area contributed by atoms with E-state index in [1.807, 2.05) is 24.3 Å². The lowest BCUT2D eigenvalue weighted by molar-refractivity contribution is -0.113. The molecule has 9 heteroatoms. The number of anilines is 2. The van der Waals surface area contributed by atoms with Crippen molar-refractivity contribution in [1.82, 2.24) is 10.2 Å². The molecule has 0 bridgehead atoms. The highest BCUT2D eigenvalue weighted by Crippen LogP contribution is 2.26. The third-order valence-corrected chi connectivity index (χ3v) is 6.87. The van der Waals surface area contributed by atoms with Crippen LogP contribution in [0.1, 0.15) is 55.5 Å². The lowest BCUT2D eigenvalue weighted by atomic mass is 10.1. The van der Waals surface area contributed by atoms with Crippen molar-refractivity contribution in [1.29, 1.82) is 0 Å². The van der Waals surface area contributed by atoms with Gasteiger partial charge in [-0.15, -0.1) is 10.2 Å². The molecule has 1 heterocycles. The second kappa shape index (κ2) is 13.7. The number of ether oxygens (including phenoxy) is 1. The van der Waals surface area contributed by atoms with Gasteiger partial charge in [0.2, 0.25) is 11.0 Å². The standard InChI is InChI=1S/C25H30N4O3S2/c1-3-5-7-18-8-12-20(13-9-18)26-22(30)17-33-25-29-28-24(34-25)27-23(31)19-10-14-21(15-11-19)32-16-6-4-2/h8-15H,3-7,16-17H2,1-2H3,(H,26,30)(H,27,28,31). The van der Waals surface area contributed by atoms with Gasteiger partial charge in [0.15, 0.2) is 4.34 Å². The molecule has 0 saturated carbocycles. The molecule has 2 amide bonds. The molecule has 3 rings (SSSR count). The summed E-state index contributed by atoms with van der Waals surface area (Å²) in [5.41, 5.74) is 2.55. The van der Waals surface area contributed by atoms with Gasteiger partial charge < -0.3 is 10.1 Å². The van der Waals surface area contributed by atoms with Gasteiger partial charge in [0.1, 0.15) is 5.75 Å². The van der Waals surface area contributed by atoms with E-state index >= 15 is 0 Å². The van der Waals surface area contributed by atoms with E-state index in [1.165, 1.54) is 28.7 Å². The fraction of sp³-hybridized carbons (Fsp3) is 0.360. The van der Waals surface area contributed by atoms with Crippen molar-refractivity contribution in [3.8, 4) is 5.75 Å². The highest BCUT2D eigenvalue weighted by Gasteiger charge is 2.12. The zero-order chi connectivity index (χ0) is 24.2. The molecule has 0 fully saturated rings. The molecule has 34 heavy (non-hydrogen) atoms. The molecule has 3 aromatic rings. The molecule has 0 unspecified atom stereocenters. The van der Waals surface area contributed by atoms with Crippen molar-refractivity contribution in [3.05, 3.63) is 59.7 Å². The summed E-state index contributed by atoms with van der Waals surface area (Å²) in [5, 5.41) is 14.1. The van der Waals surface area contributed by atoms with Crippen LogP contribution in [-0.4, -0.2) is 34.4 Å². The molecule has 0 saturated heterocycles. The van der Waals surface area contributed by atoms with Crippen LogP contribution in [0.4, 0.5) is 10.8 Å². The highest BCUT2D eigenvalue weighted by atomic mass is 32.2. The van der Waals surface area contributed by atoms with E-state index < -0.39 is 0 Å². The van der Waals surface area contributed by atoms with Crippen LogP contribution in [0, 0.1) is 0 Å². The molecular weight excluding hydrogens is 468 g/mol. The summed E-state index contributed by atoms with van der Waals surface area (Å²) < 4.78 is 6.23. The number of thioether (sulfide) groups is 1. The number of hydrogen-bond acceptors (Lipinski definition) is 7. The molecule has 2 aromatic carbocycles. The van der Waals surface area contributed by atoms with Crippen LogP contribution in [0.2, 0.25) is 0 Å². The predicted octanol–water partition coefficient (Wildman–Crippen LogP) is 6.04. The number of unbranched alkanes of at least 4 members (excludes halogenated alkanes) is 2. The van der Waals surface area contributed by atoms with Gasteiger partial charge in [-0.25, -0.2) is 0 Å². The van der Waals surface area contributed by atoms with E-state index in [-0.39, 0.29) is 17.6 Å². The number of aromatic nitrogens is 2. The first-order valence-electron chi connectivity index (χ1n) is 11.5. The third-order valence-electron chi connectivity index (χ3n) is 4.89. The van der Waals surface area contributed by atoms with E-state index in [0.29, 0.717) is 21.6 Å². The maximum atomic E-state index is 12.5. The van der Waals surface area contributed by atoms with Crippen LogP contribution in [-0.2, 0) is 11.2 Å². The van der Waals surface area contributed by atoms with E-state index in [2.05, 4.69) is 34.7 Å². The fourth-order valence-corrected chi connectivity index (χ4v) is 4.53. The van der Waals surface area contributed by atoms with Crippen molar-refractivity contribution in [3.63, 3.8) is 0 Å². The van der Waals surface area contributed by atoms with Crippen molar-refractivity contribution in [2.75, 3.05) is 23.0 Å². The lowest BCUT2D eigenvalue weighted by Gasteiger charge is -2.06. The first-order valence-corrected chi connectivity index (χ1v) is 13.3. The quantitative estimate of drug-likeness (QED) is 0.169. The molecule has 0 aliphatic rings. The van der Waals surface area contributed by atoms with Gasteiger partial charge in [0, 0.05) is 11.3 Å². The second-order valence-corrected chi connectivity index (χ2v) is 9.89. The topological polar surface area (TPSA) is 93.2 Å². The first-order chi connectivity index (χ1) is 16.6. The summed E-state index contributed by atoms with van der Waals surface area (Å²) in [7, 11) is 0. The van der Waals surface area contributed by atoms with Crippen molar-refractivity contribution in [2.45, 2.75) is 50.3 Å². The summed E-state index contributed by atoms with van der Waals surface area (Å²) in [6.07, 6.45) is 5.44. The maximum Gasteiger partial charge on any atom is 0.257 e. The summed E-state index contributed by atoms with van der Waals surface area (Å²) >= 11 is 2.52. The molecular formula is C25H30N4O3S2. The average molecular weight is 499 g/mol. The summed E-state index contributed by atoms with van der Waals surface area (Å²) in [5.74, 6) is 0.561. The van der Waals surface area contributed by atoms with Crippen molar-refractivity contribution < 1.29 is 14.3 Å². The normalized spacial score (nSPS) is 10.6. The minimum absolute atomic E-state index is 0.117. The molecule has 0 aliphatic heterocycles. The first kappa shape index (κ1) is 25.7. The molecule has 7 nitrogen and oxygen atoms in total. The Morgan fingerprint density at radius 3 is 2.38 bits per heavy atom. The number of aryl methyl sites for hydroxylation is 1. The lowest BCUT2D eigenvalue weighted by Crippen LogP contribution is -2.13. The van der Waals surface area contributed by atoms with Gasteiger partial charge in [0.25, 0.3) is 5.91 Å². The largest absolute Gasteiger partial charge is 0.494 e. The number of rotatable bonds is 13. The third kappa shape index (κ3) is 8.46. The molecule has 180 valence electrons. The molecule has 2 N–H and O–H groups in total. The van der Waals surface area contributed by atoms with Crippen molar-refractivity contribution >= 4 is 45.7 Å². The Hall–Kier alpha value is -2.91. The van der Waals surface area contributed by atoms with Gasteiger partial charge in [-0.1, -0.05) is 61.9 Å². The zero-order valence-electron chi connectivity index (χ0n) is 19.5. The van der Waals surface area contributed by atoms with Crippen LogP contribution < -0.4 is 15.4 Å². The predicted molar refractivity (Wildman–Crippen MR) is 139 cm³/mol. The fourth-order valence-electron chi connectivity index (χ4n) is 2.98. The number of amides is 2. The van der Waals surface area contributed by atoms with E-state index in [4.69, 9.17) is 4.74 Å². The number of benzene rings is 2. The molecule has 0 atom stereocenters. The Morgan fingerprint density at radius 1 is 0.941 bits per heavy atom. The van der Waals surface area contributed by atoms with Gasteiger partial charge in [0.05, 0.1) is 12.4 Å². The number of carbonyl (C=O) groups is 2. The Morgan fingerprint density at radius 2 is 1.68 bits per heavy atom. The van der Waals surface area contributed by atoms with E-state index in [9.17, 15) is 9.59 Å². The Labute approximate surface area is 208 Å². The number of carbonyl (C=O) groups excluding carboxylic acids is 2. The molecule has 0 radical (unpaired) electrons. The van der Waals surface area contributed by atoms with Crippen molar-refractivity contribution in [2.24, 2.45) is 0 Å². The molecule has 0 aliphatic carbocycles. The van der Waals surface area contributed by atoms with Crippen LogP contribution >= 0.6 is 23.1 Å². The zero-order valence-corrected chi connectivity index (χ0v) is 21.1. The maximum absolute atomic E-state index is 12.5. The SMILES string of the molecule is CCCCOc1ccc(C(=O)Nc2nnc(SCC(=O)Nc3ccc(CCCC)cc3)s2)cc1. The van der Waals surface area contributed by atoms with Gasteiger partial charge in [-0.3, -0.25) is 14.9 Å². The second-order valence-electron chi connectivity index (χ2n) is 7.69. The molecule has 0 spiro atoms. The monoisotopic (exact) mass is 498 g/mol. The smallest absolute Gasteiger partial charge is 0.257 e. The average Bonchev–Trinajstić information content (AvgIpc) is 3.30. The van der Waals surface area contributed by atoms with Crippen LogP contribution in [0.3, 0.4) is 0 Å². The van der Waals surface area contributed by atoms with Gasteiger partial charge >= 0.3 is 0 Å². The van der Waals surface area contributed by atoms with Crippen LogP contribution in [0.5, 0.6) is 5.75 Å². The van der Waals surface area contributed by atoms with Gasteiger partial charge in [-0.2, -0.15) is 0 Å². The number of nitrogens with one attached hydrogen (secondary N) is 2. The Kier molecular flexibility index (Phi) is 10.4. The Bertz CT molecular complexity index is 1050. The Balaban J connectivity index is 1.43. The van der Waals surface area contributed by atoms with E-state index in [1.54, 1.807) is 24.3 Å². The number of nitrogens with zero attached hydrogens (tertiary/aromatic N) is 2.